The fraction of sp³-hybridized carbons (Fsp3) is 0.647. The zero-order valence-electron chi connectivity index (χ0n) is 34.5. The van der Waals surface area contributed by atoms with Gasteiger partial charge in [-0.05, 0) is 94.5 Å². The van der Waals surface area contributed by atoms with Gasteiger partial charge in [-0.2, -0.15) is 0 Å². The molecule has 2 heteroatoms. The molecule has 0 spiro atoms. The number of rotatable bonds is 27. The quantitative estimate of drug-likeness (QED) is 0.0671. The molecule has 1 atom stereocenters. The van der Waals surface area contributed by atoms with E-state index in [1.807, 2.05) is 0 Å². The first-order valence-corrected chi connectivity index (χ1v) is 24.3. The Labute approximate surface area is 343 Å². The number of hydrogen-bond acceptors (Lipinski definition) is 0. The second-order valence-corrected chi connectivity index (χ2v) is 19.0. The van der Waals surface area contributed by atoms with Gasteiger partial charge in [0.05, 0.1) is 0 Å². The highest BCUT2D eigenvalue weighted by molar-refractivity contribution is 9.10. The van der Waals surface area contributed by atoms with E-state index in [0.717, 1.165) is 0 Å². The summed E-state index contributed by atoms with van der Waals surface area (Å²) in [5.41, 5.74) is 13.1. The number of fused-ring (bicyclic) bond motifs is 7. The first-order valence-electron chi connectivity index (χ1n) is 22.8. The van der Waals surface area contributed by atoms with Crippen LogP contribution in [0.3, 0.4) is 0 Å². The maximum absolute atomic E-state index is 4.01. The Kier molecular flexibility index (Phi) is 17.6. The second kappa shape index (κ2) is 21.8. The minimum absolute atomic E-state index is 0.0726. The minimum Gasteiger partial charge on any atom is -0.0654 e. The molecule has 292 valence electrons. The molecule has 0 radical (unpaired) electrons. The van der Waals surface area contributed by atoms with Crippen molar-refractivity contribution in [3.05, 3.63) is 79.7 Å². The summed E-state index contributed by atoms with van der Waals surface area (Å²) >= 11 is 8.01. The van der Waals surface area contributed by atoms with Crippen molar-refractivity contribution >= 4 is 31.9 Å². The van der Waals surface area contributed by atoms with Crippen molar-refractivity contribution in [2.24, 2.45) is 0 Å². The molecule has 3 aromatic carbocycles. The Balaban J connectivity index is 1.67. The van der Waals surface area contributed by atoms with Crippen LogP contribution in [-0.2, 0) is 10.8 Å². The van der Waals surface area contributed by atoms with E-state index in [1.54, 1.807) is 33.4 Å². The van der Waals surface area contributed by atoms with Gasteiger partial charge >= 0.3 is 0 Å². The molecule has 0 nitrogen and oxygen atoms in total. The number of benzene rings is 3. The highest BCUT2D eigenvalue weighted by Crippen LogP contribution is 2.64. The van der Waals surface area contributed by atoms with Gasteiger partial charge in [0, 0.05) is 19.8 Å². The lowest BCUT2D eigenvalue weighted by Crippen LogP contribution is -2.33. The highest BCUT2D eigenvalue weighted by atomic mass is 79.9. The summed E-state index contributed by atoms with van der Waals surface area (Å²) in [6, 6.07) is 19.9. The molecular weight excluding hydrogens is 772 g/mol. The maximum Gasteiger partial charge on any atom is 0.0218 e. The van der Waals surface area contributed by atoms with E-state index in [1.165, 1.54) is 193 Å². The predicted molar refractivity (Wildman–Crippen MR) is 242 cm³/mol. The van der Waals surface area contributed by atoms with E-state index in [-0.39, 0.29) is 10.8 Å². The van der Waals surface area contributed by atoms with Gasteiger partial charge in [0.2, 0.25) is 0 Å². The van der Waals surface area contributed by atoms with Crippen LogP contribution in [0.5, 0.6) is 0 Å². The molecule has 5 rings (SSSR count). The van der Waals surface area contributed by atoms with Gasteiger partial charge in [0.15, 0.2) is 0 Å². The lowest BCUT2D eigenvalue weighted by molar-refractivity contribution is 0.368. The Morgan fingerprint density at radius 1 is 0.340 bits per heavy atom. The molecule has 0 fully saturated rings. The summed E-state index contributed by atoms with van der Waals surface area (Å²) in [5.74, 6) is 0. The smallest absolute Gasteiger partial charge is 0.0218 e. The maximum atomic E-state index is 4.01. The van der Waals surface area contributed by atoms with Gasteiger partial charge < -0.3 is 0 Å². The van der Waals surface area contributed by atoms with Crippen LogP contribution in [0.1, 0.15) is 223 Å². The molecule has 1 unspecified atom stereocenters. The molecule has 0 bridgehead atoms. The summed E-state index contributed by atoms with van der Waals surface area (Å²) in [6.07, 6.45) is 36.3. The second-order valence-electron chi connectivity index (χ2n) is 17.2. The fourth-order valence-electron chi connectivity index (χ4n) is 10.5. The molecule has 0 N–H and O–H groups in total. The van der Waals surface area contributed by atoms with Crippen LogP contribution < -0.4 is 0 Å². The van der Waals surface area contributed by atoms with Crippen molar-refractivity contribution in [2.45, 2.75) is 212 Å². The summed E-state index contributed by atoms with van der Waals surface area (Å²) < 4.78 is 2.49. The zero-order chi connectivity index (χ0) is 37.5. The van der Waals surface area contributed by atoms with Crippen LogP contribution in [0.2, 0.25) is 0 Å². The Morgan fingerprint density at radius 2 is 0.604 bits per heavy atom. The van der Waals surface area contributed by atoms with E-state index >= 15 is 0 Å². The first-order chi connectivity index (χ1) is 26.0. The minimum atomic E-state index is 0.0726. The molecule has 0 aromatic heterocycles. The van der Waals surface area contributed by atoms with Crippen molar-refractivity contribution in [1.29, 1.82) is 0 Å². The van der Waals surface area contributed by atoms with Crippen LogP contribution in [0.4, 0.5) is 0 Å². The normalized spacial score (nSPS) is 16.5. The lowest BCUT2D eigenvalue weighted by atomic mass is 9.63. The van der Waals surface area contributed by atoms with E-state index in [4.69, 9.17) is 0 Å². The predicted octanol–water partition coefficient (Wildman–Crippen LogP) is 18.4. The summed E-state index contributed by atoms with van der Waals surface area (Å²) in [7, 11) is 0. The van der Waals surface area contributed by atoms with Gasteiger partial charge in [0.1, 0.15) is 0 Å². The number of halogens is 2. The Hall–Kier alpha value is -1.38. The molecule has 2 aliphatic carbocycles. The SMILES string of the molecule is CCCCCCCCC1(CCCCCCC)c2cc(Br)ccc2-c2ccc3c(c21)C(CCCCCCCC)(CCCCCCCC)c1cc(Br)ccc1-3. The molecule has 0 saturated carbocycles. The van der Waals surface area contributed by atoms with Crippen molar-refractivity contribution in [3.8, 4) is 22.3 Å². The largest absolute Gasteiger partial charge is 0.0654 e. The van der Waals surface area contributed by atoms with Crippen molar-refractivity contribution in [1.82, 2.24) is 0 Å². The summed E-state index contributed by atoms with van der Waals surface area (Å²) in [6.45, 7) is 9.39. The van der Waals surface area contributed by atoms with Gasteiger partial charge in [0.25, 0.3) is 0 Å². The number of hydrogen-bond donors (Lipinski definition) is 0. The molecule has 0 saturated heterocycles. The average Bonchev–Trinajstić information content (AvgIpc) is 3.58. The average molecular weight is 847 g/mol. The third-order valence-corrected chi connectivity index (χ3v) is 14.3. The van der Waals surface area contributed by atoms with Crippen molar-refractivity contribution in [2.75, 3.05) is 0 Å². The molecule has 3 aromatic rings. The topological polar surface area (TPSA) is 0 Å². The van der Waals surface area contributed by atoms with E-state index < -0.39 is 0 Å². The zero-order valence-corrected chi connectivity index (χ0v) is 37.6. The molecule has 53 heavy (non-hydrogen) atoms. The third kappa shape index (κ3) is 10.1. The van der Waals surface area contributed by atoms with Crippen LogP contribution in [0, 0.1) is 0 Å². The van der Waals surface area contributed by atoms with Gasteiger partial charge in [-0.15, -0.1) is 0 Å². The van der Waals surface area contributed by atoms with Gasteiger partial charge in [-0.1, -0.05) is 231 Å². The monoisotopic (exact) mass is 844 g/mol. The van der Waals surface area contributed by atoms with Gasteiger partial charge in [-0.25, -0.2) is 0 Å². The fourth-order valence-corrected chi connectivity index (χ4v) is 11.3. The summed E-state index contributed by atoms with van der Waals surface area (Å²) in [4.78, 5) is 0. The summed E-state index contributed by atoms with van der Waals surface area (Å²) in [5, 5.41) is 0. The molecule has 0 amide bonds. The Bertz CT molecular complexity index is 1530. The first kappa shape index (κ1) is 42.8. The Morgan fingerprint density at radius 3 is 0.906 bits per heavy atom. The van der Waals surface area contributed by atoms with Crippen molar-refractivity contribution < 1.29 is 0 Å². The standard InChI is InChI=1S/C51H74Br2/c1-5-9-13-17-21-25-35-50(34-24-20-16-12-8-4)46-38-40(52)28-30-42(46)44-32-33-45-43-31-29-41(53)39-47(43)51(49(45)48(44)50,36-26-22-18-14-10-6-2)37-27-23-19-15-11-7-3/h28-33,38-39H,5-27,34-37H2,1-4H3. The van der Waals surface area contributed by atoms with E-state index in [2.05, 4.69) is 108 Å². The lowest BCUT2D eigenvalue weighted by Gasteiger charge is -2.40. The van der Waals surface area contributed by atoms with E-state index in [9.17, 15) is 0 Å². The van der Waals surface area contributed by atoms with Crippen LogP contribution in [-0.4, -0.2) is 0 Å². The number of unbranched alkanes of at least 4 members (excludes halogenated alkanes) is 19. The third-order valence-electron chi connectivity index (χ3n) is 13.3. The molecular formula is C51H74Br2. The van der Waals surface area contributed by atoms with Crippen LogP contribution in [0.25, 0.3) is 22.3 Å². The molecule has 0 aliphatic heterocycles. The van der Waals surface area contributed by atoms with Gasteiger partial charge in [-0.3, -0.25) is 0 Å². The van der Waals surface area contributed by atoms with Crippen LogP contribution in [0.15, 0.2) is 57.5 Å². The highest BCUT2D eigenvalue weighted by Gasteiger charge is 2.51. The molecule has 2 aliphatic rings. The van der Waals surface area contributed by atoms with Crippen molar-refractivity contribution in [3.63, 3.8) is 0 Å². The van der Waals surface area contributed by atoms with E-state index in [0.29, 0.717) is 0 Å². The molecule has 0 heterocycles. The van der Waals surface area contributed by atoms with Crippen LogP contribution >= 0.6 is 31.9 Å².